The number of hydrogen-bond acceptors (Lipinski definition) is 7. The van der Waals surface area contributed by atoms with Crippen LogP contribution in [0.15, 0.2) is 0 Å². The number of carbonyl (C=O) groups excluding carboxylic acids is 4. The van der Waals surface area contributed by atoms with E-state index in [0.717, 1.165) is 0 Å². The Morgan fingerprint density at radius 1 is 1.06 bits per heavy atom. The second-order valence-electron chi connectivity index (χ2n) is 7.55. The molecule has 210 valence electrons. The number of rotatable bonds is 14. The van der Waals surface area contributed by atoms with Crippen molar-refractivity contribution in [3.63, 3.8) is 0 Å². The van der Waals surface area contributed by atoms with Crippen molar-refractivity contribution in [3.05, 3.63) is 0 Å². The molecule has 0 saturated heterocycles. The van der Waals surface area contributed by atoms with Gasteiger partial charge in [0.05, 0.1) is 18.3 Å². The summed E-state index contributed by atoms with van der Waals surface area (Å²) < 4.78 is 29.1. The standard InChI is InChI=1S/C11H20N4O4.C6H15NO3S.C3H8.C2H6/c1-2-9(17)8(4-3-5-14-11(12)19)15-10(18)6-13-7-16;1-5(2)7-6(3)4-11(8,9)10;1-3-2;1-2/h7-8H,2-6H2,1H3,(H,13,16)(H,15,18)(H3,12,14,19);5-7H,4H2,1-3H3,(H,8,9,10);3H2,1-2H3;1-2H3. The molecule has 0 bridgehead atoms. The van der Waals surface area contributed by atoms with Crippen LogP contribution in [0.3, 0.4) is 0 Å². The van der Waals surface area contributed by atoms with Gasteiger partial charge >= 0.3 is 6.03 Å². The topological polar surface area (TPSA) is 197 Å². The molecule has 0 aliphatic heterocycles. The zero-order valence-electron chi connectivity index (χ0n) is 22.6. The number of hydrogen-bond donors (Lipinski definition) is 6. The average Bonchev–Trinajstić information content (AvgIpc) is 2.74. The summed E-state index contributed by atoms with van der Waals surface area (Å²) in [4.78, 5) is 43.5. The molecule has 0 fully saturated rings. The number of ketones is 1. The molecule has 0 aromatic carbocycles. The Kier molecular flexibility index (Phi) is 30.1. The summed E-state index contributed by atoms with van der Waals surface area (Å²) in [5.74, 6) is -0.758. The minimum atomic E-state index is -3.83. The molecule has 35 heavy (non-hydrogen) atoms. The smallest absolute Gasteiger partial charge is 0.312 e. The van der Waals surface area contributed by atoms with Crippen molar-refractivity contribution in [2.45, 2.75) is 99.2 Å². The van der Waals surface area contributed by atoms with Gasteiger partial charge in [0.1, 0.15) is 0 Å². The van der Waals surface area contributed by atoms with Crippen LogP contribution in [-0.2, 0) is 24.5 Å². The molecule has 2 atom stereocenters. The van der Waals surface area contributed by atoms with Crippen molar-refractivity contribution in [2.75, 3.05) is 18.8 Å². The van der Waals surface area contributed by atoms with Gasteiger partial charge in [0.15, 0.2) is 5.78 Å². The predicted octanol–water partition coefficient (Wildman–Crippen LogP) is 1.35. The van der Waals surface area contributed by atoms with Crippen molar-refractivity contribution >= 4 is 34.2 Å². The Labute approximate surface area is 211 Å². The molecule has 0 aliphatic carbocycles. The van der Waals surface area contributed by atoms with Gasteiger partial charge in [-0.05, 0) is 19.8 Å². The first-order chi connectivity index (χ1) is 16.2. The van der Waals surface area contributed by atoms with E-state index < -0.39 is 28.1 Å². The fourth-order valence-corrected chi connectivity index (χ4v) is 3.12. The first-order valence-corrected chi connectivity index (χ1v) is 13.6. The summed E-state index contributed by atoms with van der Waals surface area (Å²) in [5, 5.41) is 10.1. The predicted molar refractivity (Wildman–Crippen MR) is 140 cm³/mol. The monoisotopic (exact) mass is 527 g/mol. The minimum absolute atomic E-state index is 0.0986. The van der Waals surface area contributed by atoms with E-state index in [1.807, 2.05) is 27.7 Å². The van der Waals surface area contributed by atoms with Crippen LogP contribution in [0.2, 0.25) is 0 Å². The largest absolute Gasteiger partial charge is 0.352 e. The van der Waals surface area contributed by atoms with E-state index in [2.05, 4.69) is 35.1 Å². The van der Waals surface area contributed by atoms with Crippen LogP contribution < -0.4 is 27.0 Å². The highest BCUT2D eigenvalue weighted by atomic mass is 32.2. The summed E-state index contributed by atoms with van der Waals surface area (Å²) >= 11 is 0. The maximum Gasteiger partial charge on any atom is 0.312 e. The number of amides is 4. The van der Waals surface area contributed by atoms with E-state index in [1.54, 1.807) is 13.8 Å². The number of primary amides is 1. The summed E-state index contributed by atoms with van der Waals surface area (Å²) in [7, 11) is -3.83. The lowest BCUT2D eigenvalue weighted by molar-refractivity contribution is -0.127. The fraction of sp³-hybridized carbons (Fsp3) is 0.818. The van der Waals surface area contributed by atoms with E-state index in [-0.39, 0.29) is 30.2 Å². The van der Waals surface area contributed by atoms with Gasteiger partial charge in [0, 0.05) is 25.0 Å². The zero-order chi connectivity index (χ0) is 28.4. The Bertz CT molecular complexity index is 659. The van der Waals surface area contributed by atoms with Crippen molar-refractivity contribution < 1.29 is 32.1 Å². The second-order valence-corrected chi connectivity index (χ2v) is 9.05. The Balaban J connectivity index is -0.000000253. The molecule has 0 heterocycles. The van der Waals surface area contributed by atoms with Gasteiger partial charge in [-0.3, -0.25) is 18.9 Å². The van der Waals surface area contributed by atoms with Crippen LogP contribution in [0.5, 0.6) is 0 Å². The molecule has 4 amide bonds. The lowest BCUT2D eigenvalue weighted by Gasteiger charge is -2.17. The third kappa shape index (κ3) is 36.5. The molecule has 12 nitrogen and oxygen atoms in total. The van der Waals surface area contributed by atoms with Gasteiger partial charge in [-0.15, -0.1) is 0 Å². The summed E-state index contributed by atoms with van der Waals surface area (Å²) in [5.41, 5.74) is 4.90. The van der Waals surface area contributed by atoms with E-state index in [1.165, 1.54) is 6.42 Å². The molecule has 2 unspecified atom stereocenters. The van der Waals surface area contributed by atoms with Crippen LogP contribution in [0.4, 0.5) is 4.79 Å². The SMILES string of the molecule is CC.CC(C)NC(C)CS(=O)(=O)O.CCC.CCC(=O)C(CCCNC(N)=O)NC(=O)CNC=O. The first kappa shape index (κ1) is 39.9. The Morgan fingerprint density at radius 3 is 1.94 bits per heavy atom. The molecular weight excluding hydrogens is 478 g/mol. The van der Waals surface area contributed by atoms with Crippen LogP contribution in [0, 0.1) is 0 Å². The number of nitrogens with one attached hydrogen (secondary N) is 4. The van der Waals surface area contributed by atoms with Crippen LogP contribution >= 0.6 is 0 Å². The molecule has 0 spiro atoms. The number of carbonyl (C=O) groups is 4. The number of urea groups is 1. The maximum absolute atomic E-state index is 11.6. The molecule has 0 saturated carbocycles. The minimum Gasteiger partial charge on any atom is -0.352 e. The second kappa shape index (κ2) is 26.4. The van der Waals surface area contributed by atoms with Gasteiger partial charge in [0.2, 0.25) is 12.3 Å². The third-order valence-electron chi connectivity index (χ3n) is 3.47. The average molecular weight is 528 g/mol. The summed E-state index contributed by atoms with van der Waals surface area (Å²) in [6.45, 7) is 15.7. The summed E-state index contributed by atoms with van der Waals surface area (Å²) in [6, 6.07) is -1.21. The molecule has 7 N–H and O–H groups in total. The van der Waals surface area contributed by atoms with Gasteiger partial charge in [0.25, 0.3) is 10.1 Å². The van der Waals surface area contributed by atoms with Crippen molar-refractivity contribution in [3.8, 4) is 0 Å². The molecule has 0 radical (unpaired) electrons. The molecule has 0 aromatic rings. The normalized spacial score (nSPS) is 11.6. The van der Waals surface area contributed by atoms with Gasteiger partial charge in [-0.2, -0.15) is 8.42 Å². The highest BCUT2D eigenvalue weighted by Crippen LogP contribution is 2.01. The van der Waals surface area contributed by atoms with Crippen molar-refractivity contribution in [2.24, 2.45) is 5.73 Å². The molecule has 13 heteroatoms. The van der Waals surface area contributed by atoms with Gasteiger partial charge in [-0.25, -0.2) is 4.79 Å². The van der Waals surface area contributed by atoms with Crippen LogP contribution in [-0.4, -0.2) is 74.1 Å². The highest BCUT2D eigenvalue weighted by molar-refractivity contribution is 7.85. The Morgan fingerprint density at radius 2 is 1.57 bits per heavy atom. The van der Waals surface area contributed by atoms with E-state index in [0.29, 0.717) is 32.2 Å². The van der Waals surface area contributed by atoms with Crippen molar-refractivity contribution in [1.82, 2.24) is 21.3 Å². The van der Waals surface area contributed by atoms with Crippen molar-refractivity contribution in [1.29, 1.82) is 0 Å². The summed E-state index contributed by atoms with van der Waals surface area (Å²) in [6.07, 6.45) is 2.88. The first-order valence-electron chi connectivity index (χ1n) is 12.0. The third-order valence-corrected chi connectivity index (χ3v) is 4.39. The molecular formula is C22H49N5O7S. The maximum atomic E-state index is 11.6. The highest BCUT2D eigenvalue weighted by Gasteiger charge is 2.18. The Hall–Kier alpha value is -2.25. The van der Waals surface area contributed by atoms with Gasteiger partial charge < -0.3 is 27.0 Å². The van der Waals surface area contributed by atoms with E-state index >= 15 is 0 Å². The quantitative estimate of drug-likeness (QED) is 0.110. The number of Topliss-reactive ketones (excluding diaryl/α,β-unsaturated/α-hetero) is 1. The van der Waals surface area contributed by atoms with E-state index in [4.69, 9.17) is 10.3 Å². The fourth-order valence-electron chi connectivity index (χ4n) is 2.39. The number of nitrogens with two attached hydrogens (primary N) is 1. The molecule has 0 aromatic heterocycles. The lowest BCUT2D eigenvalue weighted by Crippen LogP contribution is -2.44. The van der Waals surface area contributed by atoms with Crippen LogP contribution in [0.25, 0.3) is 0 Å². The van der Waals surface area contributed by atoms with E-state index in [9.17, 15) is 27.6 Å². The lowest BCUT2D eigenvalue weighted by atomic mass is 10.0. The molecule has 0 aliphatic rings. The van der Waals surface area contributed by atoms with Crippen LogP contribution in [0.1, 0.15) is 81.1 Å². The molecule has 0 rings (SSSR count). The zero-order valence-corrected chi connectivity index (χ0v) is 23.5. The van der Waals surface area contributed by atoms with Gasteiger partial charge in [-0.1, -0.05) is 54.9 Å².